The third kappa shape index (κ3) is 2.89. The number of hydrogen-bond acceptors (Lipinski definition) is 3. The number of benzene rings is 1. The third-order valence-electron chi connectivity index (χ3n) is 3.24. The standard InChI is InChI=1S/C15H12ClFN2OS/c16-10-2-3-14-13(8-10)19(6-1-7-21-14)15(20)11-4-5-18-9-12(11)17/h2-5,8-9H,1,6-7H2. The number of fused-ring (bicyclic) bond motifs is 1. The molecule has 21 heavy (non-hydrogen) atoms. The zero-order valence-electron chi connectivity index (χ0n) is 11.1. The van der Waals surface area contributed by atoms with Crippen LogP contribution in [0.15, 0.2) is 41.6 Å². The summed E-state index contributed by atoms with van der Waals surface area (Å²) in [6.45, 7) is 0.543. The van der Waals surface area contributed by atoms with E-state index in [1.807, 2.05) is 6.07 Å². The maximum absolute atomic E-state index is 13.8. The van der Waals surface area contributed by atoms with Crippen LogP contribution in [-0.4, -0.2) is 23.2 Å². The Morgan fingerprint density at radius 1 is 1.38 bits per heavy atom. The first-order chi connectivity index (χ1) is 10.2. The van der Waals surface area contributed by atoms with E-state index in [-0.39, 0.29) is 11.5 Å². The van der Waals surface area contributed by atoms with Gasteiger partial charge in [0.05, 0.1) is 17.4 Å². The first kappa shape index (κ1) is 14.4. The van der Waals surface area contributed by atoms with Crippen molar-refractivity contribution in [1.82, 2.24) is 4.98 Å². The second kappa shape index (κ2) is 6.03. The average molecular weight is 323 g/mol. The SMILES string of the molecule is O=C(c1ccncc1F)N1CCCSc2ccc(Cl)cc21. The highest BCUT2D eigenvalue weighted by Crippen LogP contribution is 2.36. The maximum atomic E-state index is 13.8. The number of hydrogen-bond donors (Lipinski definition) is 0. The smallest absolute Gasteiger partial charge is 0.261 e. The average Bonchev–Trinajstić information content (AvgIpc) is 2.69. The lowest BCUT2D eigenvalue weighted by Gasteiger charge is -2.23. The summed E-state index contributed by atoms with van der Waals surface area (Å²) in [7, 11) is 0. The molecule has 2 heterocycles. The van der Waals surface area contributed by atoms with E-state index < -0.39 is 5.82 Å². The Kier molecular flexibility index (Phi) is 4.12. The van der Waals surface area contributed by atoms with Gasteiger partial charge >= 0.3 is 0 Å². The number of thioether (sulfide) groups is 1. The monoisotopic (exact) mass is 322 g/mol. The van der Waals surface area contributed by atoms with Crippen LogP contribution in [-0.2, 0) is 0 Å². The number of nitrogens with zero attached hydrogens (tertiary/aromatic N) is 2. The topological polar surface area (TPSA) is 33.2 Å². The van der Waals surface area contributed by atoms with Crippen molar-refractivity contribution in [3.8, 4) is 0 Å². The van der Waals surface area contributed by atoms with E-state index in [1.54, 1.807) is 28.8 Å². The van der Waals surface area contributed by atoms with Gasteiger partial charge in [-0.3, -0.25) is 9.78 Å². The van der Waals surface area contributed by atoms with Crippen molar-refractivity contribution < 1.29 is 9.18 Å². The van der Waals surface area contributed by atoms with E-state index in [9.17, 15) is 9.18 Å². The molecule has 0 aliphatic carbocycles. The summed E-state index contributed by atoms with van der Waals surface area (Å²) < 4.78 is 13.8. The molecule has 108 valence electrons. The van der Waals surface area contributed by atoms with Crippen molar-refractivity contribution in [1.29, 1.82) is 0 Å². The van der Waals surface area contributed by atoms with Gasteiger partial charge in [-0.05, 0) is 36.4 Å². The minimum Gasteiger partial charge on any atom is -0.307 e. The summed E-state index contributed by atoms with van der Waals surface area (Å²) in [6.07, 6.45) is 3.32. The first-order valence-corrected chi connectivity index (χ1v) is 7.87. The van der Waals surface area contributed by atoms with Crippen LogP contribution in [0, 0.1) is 5.82 Å². The van der Waals surface area contributed by atoms with E-state index in [0.717, 1.165) is 29.0 Å². The Morgan fingerprint density at radius 2 is 2.24 bits per heavy atom. The van der Waals surface area contributed by atoms with Crippen molar-refractivity contribution >= 4 is 35.0 Å². The Labute approximate surface area is 131 Å². The van der Waals surface area contributed by atoms with E-state index in [1.165, 1.54) is 12.3 Å². The fraction of sp³-hybridized carbons (Fsp3) is 0.200. The van der Waals surface area contributed by atoms with Crippen LogP contribution in [0.25, 0.3) is 0 Å². The van der Waals surface area contributed by atoms with Crippen molar-refractivity contribution in [3.05, 3.63) is 53.1 Å². The molecule has 0 saturated carbocycles. The molecule has 1 aromatic heterocycles. The van der Waals surface area contributed by atoms with E-state index in [2.05, 4.69) is 4.98 Å². The number of carbonyl (C=O) groups excluding carboxylic acids is 1. The molecule has 0 atom stereocenters. The van der Waals surface area contributed by atoms with Crippen LogP contribution in [0.2, 0.25) is 5.02 Å². The number of carbonyl (C=O) groups is 1. The summed E-state index contributed by atoms with van der Waals surface area (Å²) in [5.74, 6) is -0.0547. The fourth-order valence-electron chi connectivity index (χ4n) is 2.25. The van der Waals surface area contributed by atoms with Crippen LogP contribution in [0.3, 0.4) is 0 Å². The zero-order valence-corrected chi connectivity index (χ0v) is 12.6. The van der Waals surface area contributed by atoms with Gasteiger partial charge in [0.15, 0.2) is 5.82 Å². The van der Waals surface area contributed by atoms with Crippen molar-refractivity contribution in [2.75, 3.05) is 17.2 Å². The highest BCUT2D eigenvalue weighted by molar-refractivity contribution is 7.99. The molecule has 0 radical (unpaired) electrons. The summed E-state index contributed by atoms with van der Waals surface area (Å²) >= 11 is 7.73. The maximum Gasteiger partial charge on any atom is 0.261 e. The molecule has 0 fully saturated rings. The van der Waals surface area contributed by atoms with Gasteiger partial charge in [0, 0.05) is 22.7 Å². The first-order valence-electron chi connectivity index (χ1n) is 6.50. The van der Waals surface area contributed by atoms with Gasteiger partial charge in [0.25, 0.3) is 5.91 Å². The van der Waals surface area contributed by atoms with Crippen molar-refractivity contribution in [2.45, 2.75) is 11.3 Å². The highest BCUT2D eigenvalue weighted by atomic mass is 35.5. The molecule has 1 aliphatic heterocycles. The lowest BCUT2D eigenvalue weighted by molar-refractivity contribution is 0.0982. The molecule has 0 N–H and O–H groups in total. The van der Waals surface area contributed by atoms with Gasteiger partial charge in [-0.25, -0.2) is 4.39 Å². The summed E-state index contributed by atoms with van der Waals surface area (Å²) in [5, 5.41) is 0.559. The summed E-state index contributed by atoms with van der Waals surface area (Å²) in [6, 6.07) is 6.86. The lowest BCUT2D eigenvalue weighted by atomic mass is 10.2. The van der Waals surface area contributed by atoms with Crippen LogP contribution in [0.4, 0.5) is 10.1 Å². The van der Waals surface area contributed by atoms with Crippen LogP contribution in [0.1, 0.15) is 16.8 Å². The molecule has 2 aromatic rings. The lowest BCUT2D eigenvalue weighted by Crippen LogP contribution is -2.32. The van der Waals surface area contributed by atoms with Crippen molar-refractivity contribution in [2.24, 2.45) is 0 Å². The second-order valence-corrected chi connectivity index (χ2v) is 6.20. The molecule has 1 amide bonds. The van der Waals surface area contributed by atoms with Gasteiger partial charge in [0.1, 0.15) is 0 Å². The molecular weight excluding hydrogens is 311 g/mol. The molecular formula is C15H12ClFN2OS. The number of aromatic nitrogens is 1. The molecule has 1 aliphatic rings. The predicted molar refractivity (Wildman–Crippen MR) is 82.7 cm³/mol. The molecule has 1 aromatic carbocycles. The number of amides is 1. The minimum absolute atomic E-state index is 0.0304. The zero-order chi connectivity index (χ0) is 14.8. The second-order valence-electron chi connectivity index (χ2n) is 4.63. The number of pyridine rings is 1. The molecule has 6 heteroatoms. The molecule has 3 rings (SSSR count). The van der Waals surface area contributed by atoms with Crippen LogP contribution in [0.5, 0.6) is 0 Å². The molecule has 0 spiro atoms. The van der Waals surface area contributed by atoms with E-state index in [0.29, 0.717) is 11.6 Å². The number of rotatable bonds is 1. The molecule has 0 saturated heterocycles. The summed E-state index contributed by atoms with van der Waals surface area (Å²) in [4.78, 5) is 18.9. The number of halogens is 2. The van der Waals surface area contributed by atoms with Crippen LogP contribution < -0.4 is 4.90 Å². The molecule has 0 unspecified atom stereocenters. The van der Waals surface area contributed by atoms with Crippen LogP contribution >= 0.6 is 23.4 Å². The van der Waals surface area contributed by atoms with Gasteiger partial charge in [-0.2, -0.15) is 0 Å². The molecule has 3 nitrogen and oxygen atoms in total. The predicted octanol–water partition coefficient (Wildman–Crippen LogP) is 4.02. The fourth-order valence-corrected chi connectivity index (χ4v) is 3.39. The third-order valence-corrected chi connectivity index (χ3v) is 4.63. The van der Waals surface area contributed by atoms with Gasteiger partial charge < -0.3 is 4.90 Å². The molecule has 0 bridgehead atoms. The van der Waals surface area contributed by atoms with Gasteiger partial charge in [0.2, 0.25) is 0 Å². The highest BCUT2D eigenvalue weighted by Gasteiger charge is 2.24. The normalized spacial score (nSPS) is 14.5. The van der Waals surface area contributed by atoms with Gasteiger partial charge in [-0.15, -0.1) is 11.8 Å². The Bertz CT molecular complexity index is 695. The largest absolute Gasteiger partial charge is 0.307 e. The van der Waals surface area contributed by atoms with Crippen molar-refractivity contribution in [3.63, 3.8) is 0 Å². The Morgan fingerprint density at radius 3 is 3.05 bits per heavy atom. The Hall–Kier alpha value is -1.59. The summed E-state index contributed by atoms with van der Waals surface area (Å²) in [5.41, 5.74) is 0.772. The minimum atomic E-state index is -0.608. The van der Waals surface area contributed by atoms with E-state index in [4.69, 9.17) is 11.6 Å². The quantitative estimate of drug-likeness (QED) is 0.795. The Balaban J connectivity index is 2.04. The van der Waals surface area contributed by atoms with E-state index >= 15 is 0 Å². The van der Waals surface area contributed by atoms with Gasteiger partial charge in [-0.1, -0.05) is 11.6 Å². The number of anilines is 1.